The van der Waals surface area contributed by atoms with Gasteiger partial charge in [-0.05, 0) is 48.1 Å². The molecule has 134 valence electrons. The van der Waals surface area contributed by atoms with Crippen molar-refractivity contribution in [3.63, 3.8) is 0 Å². The Bertz CT molecular complexity index is 1400. The number of nitrogens with zero attached hydrogens (tertiary/aromatic N) is 3. The largest absolute Gasteiger partial charge is 0.278 e. The van der Waals surface area contributed by atoms with Gasteiger partial charge in [-0.25, -0.2) is 9.97 Å². The van der Waals surface area contributed by atoms with Gasteiger partial charge in [0.05, 0.1) is 11.0 Å². The van der Waals surface area contributed by atoms with Gasteiger partial charge in [-0.3, -0.25) is 4.57 Å². The molecule has 0 spiro atoms. The Labute approximate surface area is 166 Å². The lowest BCUT2D eigenvalue weighted by Gasteiger charge is -2.09. The van der Waals surface area contributed by atoms with Crippen molar-refractivity contribution in [2.45, 2.75) is 12.8 Å². The standard InChI is InChI=1S/C24H17N3S/c1-2-6-16(7-3-1)17-14-25-24(26-15-17)27-20-9-5-4-8-18(20)23-19-12-13-28-22(19)11-10-21(23)27/h2,4-15H,1,3H2. The number of fused-ring (bicyclic) bond motifs is 5. The quantitative estimate of drug-likeness (QED) is 0.349. The van der Waals surface area contributed by atoms with Crippen LogP contribution in [0.4, 0.5) is 0 Å². The predicted molar refractivity (Wildman–Crippen MR) is 118 cm³/mol. The van der Waals surface area contributed by atoms with Crippen molar-refractivity contribution < 1.29 is 0 Å². The highest BCUT2D eigenvalue weighted by molar-refractivity contribution is 7.17. The van der Waals surface area contributed by atoms with Crippen LogP contribution in [-0.2, 0) is 0 Å². The lowest BCUT2D eigenvalue weighted by molar-refractivity contribution is 0.981. The van der Waals surface area contributed by atoms with Gasteiger partial charge in [0.15, 0.2) is 0 Å². The summed E-state index contributed by atoms with van der Waals surface area (Å²) in [5.41, 5.74) is 4.57. The highest BCUT2D eigenvalue weighted by Gasteiger charge is 2.16. The second-order valence-electron chi connectivity index (χ2n) is 7.06. The van der Waals surface area contributed by atoms with E-state index in [1.165, 1.54) is 26.4 Å². The van der Waals surface area contributed by atoms with Gasteiger partial charge in [0, 0.05) is 38.8 Å². The molecule has 0 fully saturated rings. The fourth-order valence-corrected chi connectivity index (χ4v) is 4.93. The van der Waals surface area contributed by atoms with Crippen molar-refractivity contribution in [2.24, 2.45) is 0 Å². The summed E-state index contributed by atoms with van der Waals surface area (Å²) in [6, 6.07) is 15.1. The molecule has 0 N–H and O–H groups in total. The summed E-state index contributed by atoms with van der Waals surface area (Å²) in [5.74, 6) is 0.713. The smallest absolute Gasteiger partial charge is 0.234 e. The zero-order valence-electron chi connectivity index (χ0n) is 15.2. The number of aromatic nitrogens is 3. The van der Waals surface area contributed by atoms with E-state index >= 15 is 0 Å². The maximum atomic E-state index is 4.74. The maximum Gasteiger partial charge on any atom is 0.234 e. The van der Waals surface area contributed by atoms with Gasteiger partial charge in [0.2, 0.25) is 5.95 Å². The lowest BCUT2D eigenvalue weighted by atomic mass is 10.0. The summed E-state index contributed by atoms with van der Waals surface area (Å²) in [4.78, 5) is 9.49. The minimum Gasteiger partial charge on any atom is -0.278 e. The molecule has 3 nitrogen and oxygen atoms in total. The number of rotatable bonds is 2. The van der Waals surface area contributed by atoms with E-state index in [0.29, 0.717) is 5.95 Å². The third-order valence-electron chi connectivity index (χ3n) is 5.43. The molecule has 6 rings (SSSR count). The number of hydrogen-bond donors (Lipinski definition) is 0. The van der Waals surface area contributed by atoms with Crippen LogP contribution in [0.1, 0.15) is 18.4 Å². The zero-order valence-corrected chi connectivity index (χ0v) is 16.0. The topological polar surface area (TPSA) is 30.7 Å². The Morgan fingerprint density at radius 1 is 0.857 bits per heavy atom. The van der Waals surface area contributed by atoms with Crippen LogP contribution in [0.5, 0.6) is 0 Å². The van der Waals surface area contributed by atoms with Gasteiger partial charge in [0.1, 0.15) is 0 Å². The number of allylic oxidation sites excluding steroid dienone is 4. The van der Waals surface area contributed by atoms with E-state index < -0.39 is 0 Å². The zero-order chi connectivity index (χ0) is 18.5. The van der Waals surface area contributed by atoms with Crippen LogP contribution >= 0.6 is 11.3 Å². The average Bonchev–Trinajstić information content (AvgIpc) is 3.36. The van der Waals surface area contributed by atoms with Gasteiger partial charge in [0.25, 0.3) is 0 Å². The van der Waals surface area contributed by atoms with E-state index in [2.05, 4.69) is 70.6 Å². The highest BCUT2D eigenvalue weighted by atomic mass is 32.1. The summed E-state index contributed by atoms with van der Waals surface area (Å²) in [5, 5.41) is 5.98. The molecule has 1 aliphatic carbocycles. The fourth-order valence-electron chi connectivity index (χ4n) is 4.14. The average molecular weight is 379 g/mol. The van der Waals surface area contributed by atoms with E-state index in [1.807, 2.05) is 12.4 Å². The number of hydrogen-bond acceptors (Lipinski definition) is 3. The van der Waals surface area contributed by atoms with E-state index in [4.69, 9.17) is 9.97 Å². The third kappa shape index (κ3) is 2.28. The van der Waals surface area contributed by atoms with E-state index in [-0.39, 0.29) is 0 Å². The third-order valence-corrected chi connectivity index (χ3v) is 6.32. The van der Waals surface area contributed by atoms with Crippen LogP contribution in [0.25, 0.3) is 43.4 Å². The van der Waals surface area contributed by atoms with Gasteiger partial charge in [-0.1, -0.05) is 36.4 Å². The normalized spacial score (nSPS) is 14.2. The molecule has 0 unspecified atom stereocenters. The monoisotopic (exact) mass is 379 g/mol. The van der Waals surface area contributed by atoms with Crippen LogP contribution in [-0.4, -0.2) is 14.5 Å². The van der Waals surface area contributed by atoms with Gasteiger partial charge in [-0.15, -0.1) is 11.3 Å². The lowest BCUT2D eigenvalue weighted by Crippen LogP contribution is -2.01. The van der Waals surface area contributed by atoms with Crippen molar-refractivity contribution in [1.82, 2.24) is 14.5 Å². The Kier molecular flexibility index (Phi) is 3.46. The minimum atomic E-state index is 0.713. The van der Waals surface area contributed by atoms with Crippen molar-refractivity contribution in [2.75, 3.05) is 0 Å². The molecule has 4 heteroatoms. The first-order chi connectivity index (χ1) is 13.9. The Hall–Kier alpha value is -3.24. The van der Waals surface area contributed by atoms with Crippen LogP contribution < -0.4 is 0 Å². The summed E-state index contributed by atoms with van der Waals surface area (Å²) in [7, 11) is 0. The second-order valence-corrected chi connectivity index (χ2v) is 8.00. The van der Waals surface area contributed by atoms with Crippen molar-refractivity contribution in [3.8, 4) is 5.95 Å². The highest BCUT2D eigenvalue weighted by Crippen LogP contribution is 2.37. The first-order valence-corrected chi connectivity index (χ1v) is 10.4. The summed E-state index contributed by atoms with van der Waals surface area (Å²) in [6.45, 7) is 0. The van der Waals surface area contributed by atoms with Gasteiger partial charge >= 0.3 is 0 Å². The summed E-state index contributed by atoms with van der Waals surface area (Å²) < 4.78 is 3.49. The van der Waals surface area contributed by atoms with Crippen LogP contribution in [0, 0.1) is 0 Å². The molecule has 3 aromatic heterocycles. The van der Waals surface area contributed by atoms with Crippen molar-refractivity contribution >= 4 is 48.8 Å². The second kappa shape index (κ2) is 6.14. The molecule has 3 heterocycles. The molecular formula is C24H17N3S. The number of benzene rings is 2. The van der Waals surface area contributed by atoms with Gasteiger partial charge in [-0.2, -0.15) is 0 Å². The Morgan fingerprint density at radius 3 is 2.61 bits per heavy atom. The Morgan fingerprint density at radius 2 is 1.75 bits per heavy atom. The minimum absolute atomic E-state index is 0.713. The van der Waals surface area contributed by atoms with E-state index in [9.17, 15) is 0 Å². The first kappa shape index (κ1) is 15.8. The van der Waals surface area contributed by atoms with E-state index in [1.54, 1.807) is 11.3 Å². The number of para-hydroxylation sites is 1. The molecule has 0 amide bonds. The van der Waals surface area contributed by atoms with Gasteiger partial charge < -0.3 is 0 Å². The van der Waals surface area contributed by atoms with E-state index in [0.717, 1.165) is 29.4 Å². The molecular weight excluding hydrogens is 362 g/mol. The molecule has 28 heavy (non-hydrogen) atoms. The van der Waals surface area contributed by atoms with Crippen LogP contribution in [0.3, 0.4) is 0 Å². The molecule has 5 aromatic rings. The summed E-state index contributed by atoms with van der Waals surface area (Å²) >= 11 is 1.78. The Balaban J connectivity index is 1.61. The molecule has 0 saturated heterocycles. The predicted octanol–water partition coefficient (Wildman–Crippen LogP) is 6.52. The van der Waals surface area contributed by atoms with Crippen LogP contribution in [0.15, 0.2) is 78.5 Å². The maximum absolute atomic E-state index is 4.74. The van der Waals surface area contributed by atoms with Crippen molar-refractivity contribution in [1.29, 1.82) is 0 Å². The molecule has 2 aromatic carbocycles. The summed E-state index contributed by atoms with van der Waals surface area (Å²) in [6.07, 6.45) is 12.7. The molecule has 0 aliphatic heterocycles. The molecule has 0 bridgehead atoms. The van der Waals surface area contributed by atoms with Crippen LogP contribution in [0.2, 0.25) is 0 Å². The molecule has 1 aliphatic rings. The first-order valence-electron chi connectivity index (χ1n) is 9.49. The SMILES string of the molecule is C1=CC(c2cnc(-n3c4ccccc4c4c5ccsc5ccc43)nc2)=CCC1. The number of thiophene rings is 1. The fraction of sp³-hybridized carbons (Fsp3) is 0.0833. The van der Waals surface area contributed by atoms with Crippen molar-refractivity contribution in [3.05, 3.63) is 84.0 Å². The molecule has 0 atom stereocenters. The molecule has 0 radical (unpaired) electrons. The molecule has 0 saturated carbocycles.